The lowest BCUT2D eigenvalue weighted by molar-refractivity contribution is 0.0967. The maximum absolute atomic E-state index is 12.4. The minimum Gasteiger partial charge on any atom is -0.493 e. The first-order valence-electron chi connectivity index (χ1n) is 10.2. The first kappa shape index (κ1) is 20.3. The molecular weight excluding hydrogens is 382 g/mol. The summed E-state index contributed by atoms with van der Waals surface area (Å²) in [4.78, 5) is 14.6. The Labute approximate surface area is 176 Å². The summed E-state index contributed by atoms with van der Waals surface area (Å²) < 4.78 is 22.4. The molecule has 0 unspecified atom stereocenters. The van der Waals surface area contributed by atoms with Crippen LogP contribution in [0.2, 0.25) is 0 Å². The molecule has 4 rings (SSSR count). The van der Waals surface area contributed by atoms with Gasteiger partial charge in [-0.1, -0.05) is 13.0 Å². The van der Waals surface area contributed by atoms with Crippen LogP contribution in [0.25, 0.3) is 11.0 Å². The Morgan fingerprint density at radius 1 is 1.10 bits per heavy atom. The Morgan fingerprint density at radius 3 is 2.63 bits per heavy atom. The van der Waals surface area contributed by atoms with Gasteiger partial charge in [0.1, 0.15) is 18.1 Å². The number of ether oxygens (including phenoxy) is 3. The van der Waals surface area contributed by atoms with E-state index in [2.05, 4.69) is 4.90 Å². The zero-order chi connectivity index (χ0) is 21.3. The third-order valence-corrected chi connectivity index (χ3v) is 5.82. The van der Waals surface area contributed by atoms with Gasteiger partial charge in [-0.2, -0.15) is 0 Å². The summed E-state index contributed by atoms with van der Waals surface area (Å²) in [7, 11) is 3.27. The predicted molar refractivity (Wildman–Crippen MR) is 116 cm³/mol. The average molecular weight is 409 g/mol. The molecule has 0 radical (unpaired) electrons. The Kier molecular flexibility index (Phi) is 5.68. The number of rotatable bonds is 6. The van der Waals surface area contributed by atoms with E-state index in [0.29, 0.717) is 25.3 Å². The van der Waals surface area contributed by atoms with Gasteiger partial charge in [0.15, 0.2) is 11.5 Å². The maximum Gasteiger partial charge on any atom is 0.339 e. The first-order chi connectivity index (χ1) is 14.5. The van der Waals surface area contributed by atoms with E-state index in [-0.39, 0.29) is 5.63 Å². The molecule has 6 heteroatoms. The molecule has 0 saturated carbocycles. The third-order valence-electron chi connectivity index (χ3n) is 5.82. The molecule has 0 atom stereocenters. The van der Waals surface area contributed by atoms with Gasteiger partial charge >= 0.3 is 5.63 Å². The van der Waals surface area contributed by atoms with Crippen LogP contribution in [0.1, 0.15) is 29.2 Å². The molecule has 158 valence electrons. The van der Waals surface area contributed by atoms with Gasteiger partial charge in [0.25, 0.3) is 0 Å². The molecule has 6 nitrogen and oxygen atoms in total. The van der Waals surface area contributed by atoms with Gasteiger partial charge in [-0.25, -0.2) is 4.79 Å². The fraction of sp³-hybridized carbons (Fsp3) is 0.375. The van der Waals surface area contributed by atoms with Crippen LogP contribution in [0.5, 0.6) is 17.2 Å². The fourth-order valence-corrected chi connectivity index (χ4v) is 4.08. The maximum atomic E-state index is 12.4. The van der Waals surface area contributed by atoms with Gasteiger partial charge in [0.2, 0.25) is 0 Å². The first-order valence-corrected chi connectivity index (χ1v) is 10.2. The second-order valence-corrected chi connectivity index (χ2v) is 7.53. The Balaban J connectivity index is 1.57. The second-order valence-electron chi connectivity index (χ2n) is 7.53. The van der Waals surface area contributed by atoms with Gasteiger partial charge in [-0.05, 0) is 55.2 Å². The number of hydrogen-bond donors (Lipinski definition) is 0. The van der Waals surface area contributed by atoms with Crippen molar-refractivity contribution in [3.8, 4) is 17.2 Å². The van der Waals surface area contributed by atoms with Crippen LogP contribution < -0.4 is 19.8 Å². The minimum atomic E-state index is -0.252. The third kappa shape index (κ3) is 3.63. The molecular formula is C24H27NO5. The topological polar surface area (TPSA) is 61.1 Å². The van der Waals surface area contributed by atoms with Crippen molar-refractivity contribution in [2.75, 3.05) is 27.5 Å². The van der Waals surface area contributed by atoms with Gasteiger partial charge in [-0.15, -0.1) is 0 Å². The van der Waals surface area contributed by atoms with Crippen LogP contribution in [0.4, 0.5) is 0 Å². The Morgan fingerprint density at radius 2 is 1.90 bits per heavy atom. The normalized spacial score (nSPS) is 13.7. The molecule has 1 aliphatic rings. The Bertz CT molecular complexity index is 1130. The van der Waals surface area contributed by atoms with E-state index in [4.69, 9.17) is 18.6 Å². The van der Waals surface area contributed by atoms with Crippen LogP contribution in [-0.2, 0) is 19.4 Å². The molecule has 0 fully saturated rings. The van der Waals surface area contributed by atoms with E-state index in [1.54, 1.807) is 14.2 Å². The number of benzene rings is 2. The highest BCUT2D eigenvalue weighted by molar-refractivity contribution is 5.86. The standard InChI is InChI=1S/C24H27NO5/c1-5-17-15(2)18-7-9-20-19(23(18)30-24(17)26)13-25(14-29-20)11-10-16-6-8-21(27-3)22(12-16)28-4/h6-9,12H,5,10-11,13-14H2,1-4H3. The molecule has 3 aromatic rings. The van der Waals surface area contributed by atoms with Crippen molar-refractivity contribution < 1.29 is 18.6 Å². The van der Waals surface area contributed by atoms with Crippen molar-refractivity contribution in [3.63, 3.8) is 0 Å². The van der Waals surface area contributed by atoms with E-state index in [1.807, 2.05) is 44.2 Å². The Hall–Kier alpha value is -2.99. The van der Waals surface area contributed by atoms with Gasteiger partial charge < -0.3 is 18.6 Å². The van der Waals surface area contributed by atoms with Crippen molar-refractivity contribution in [2.45, 2.75) is 33.2 Å². The highest BCUT2D eigenvalue weighted by atomic mass is 16.5. The molecule has 2 aromatic carbocycles. The summed E-state index contributed by atoms with van der Waals surface area (Å²) in [6, 6.07) is 9.94. The number of methoxy groups -OCH3 is 2. The zero-order valence-electron chi connectivity index (χ0n) is 17.9. The average Bonchev–Trinajstić information content (AvgIpc) is 2.77. The highest BCUT2D eigenvalue weighted by Crippen LogP contribution is 2.34. The monoisotopic (exact) mass is 409 g/mol. The molecule has 0 bridgehead atoms. The number of nitrogens with zero attached hydrogens (tertiary/aromatic N) is 1. The lowest BCUT2D eigenvalue weighted by Crippen LogP contribution is -2.33. The van der Waals surface area contributed by atoms with E-state index in [1.165, 1.54) is 0 Å². The van der Waals surface area contributed by atoms with Gasteiger partial charge in [-0.3, -0.25) is 4.90 Å². The van der Waals surface area contributed by atoms with Crippen LogP contribution in [0, 0.1) is 6.92 Å². The SMILES string of the molecule is CCc1c(C)c2ccc3c(c2oc1=O)CN(CCc1ccc(OC)c(OC)c1)CO3. The molecule has 0 aliphatic carbocycles. The van der Waals surface area contributed by atoms with Crippen molar-refractivity contribution in [3.05, 3.63) is 63.0 Å². The molecule has 2 heterocycles. The van der Waals surface area contributed by atoms with Crippen molar-refractivity contribution >= 4 is 11.0 Å². The molecule has 0 saturated heterocycles. The van der Waals surface area contributed by atoms with Crippen LogP contribution in [-0.4, -0.2) is 32.4 Å². The van der Waals surface area contributed by atoms with Gasteiger partial charge in [0.05, 0.1) is 19.8 Å². The summed E-state index contributed by atoms with van der Waals surface area (Å²) in [6.45, 7) is 5.95. The number of fused-ring (bicyclic) bond motifs is 3. The lowest BCUT2D eigenvalue weighted by atomic mass is 10.0. The van der Waals surface area contributed by atoms with Crippen LogP contribution in [0.15, 0.2) is 39.5 Å². The van der Waals surface area contributed by atoms with Crippen molar-refractivity contribution in [1.82, 2.24) is 4.90 Å². The summed E-state index contributed by atoms with van der Waals surface area (Å²) in [6.07, 6.45) is 1.50. The minimum absolute atomic E-state index is 0.252. The largest absolute Gasteiger partial charge is 0.493 e. The van der Waals surface area contributed by atoms with Crippen molar-refractivity contribution in [1.29, 1.82) is 0 Å². The zero-order valence-corrected chi connectivity index (χ0v) is 17.9. The number of hydrogen-bond acceptors (Lipinski definition) is 6. The molecule has 30 heavy (non-hydrogen) atoms. The molecule has 0 amide bonds. The second kappa shape index (κ2) is 8.40. The van der Waals surface area contributed by atoms with E-state index in [0.717, 1.165) is 57.9 Å². The van der Waals surface area contributed by atoms with E-state index >= 15 is 0 Å². The number of aryl methyl sites for hydroxylation is 1. The summed E-state index contributed by atoms with van der Waals surface area (Å²) >= 11 is 0. The van der Waals surface area contributed by atoms with Gasteiger partial charge in [0, 0.05) is 24.0 Å². The summed E-state index contributed by atoms with van der Waals surface area (Å²) in [5, 5.41) is 0.982. The van der Waals surface area contributed by atoms with E-state index in [9.17, 15) is 4.79 Å². The molecule has 1 aliphatic heterocycles. The molecule has 0 spiro atoms. The predicted octanol–water partition coefficient (Wildman–Crippen LogP) is 4.08. The smallest absolute Gasteiger partial charge is 0.339 e. The molecule has 1 aromatic heterocycles. The molecule has 0 N–H and O–H groups in total. The lowest BCUT2D eigenvalue weighted by Gasteiger charge is -2.29. The summed E-state index contributed by atoms with van der Waals surface area (Å²) in [5.41, 5.74) is 4.22. The van der Waals surface area contributed by atoms with Crippen molar-refractivity contribution in [2.24, 2.45) is 0 Å². The highest BCUT2D eigenvalue weighted by Gasteiger charge is 2.23. The fourth-order valence-electron chi connectivity index (χ4n) is 4.08. The summed E-state index contributed by atoms with van der Waals surface area (Å²) in [5.74, 6) is 2.24. The quantitative estimate of drug-likeness (QED) is 0.572. The van der Waals surface area contributed by atoms with E-state index < -0.39 is 0 Å². The van der Waals surface area contributed by atoms with Crippen LogP contribution >= 0.6 is 0 Å². The van der Waals surface area contributed by atoms with Crippen LogP contribution in [0.3, 0.4) is 0 Å².